The Morgan fingerprint density at radius 1 is 1.17 bits per heavy atom. The number of carbonyl (C=O) groups is 3. The fraction of sp³-hybridized carbons (Fsp3) is 0.542. The topological polar surface area (TPSA) is 78.5 Å². The molecule has 1 aromatic rings. The average Bonchev–Trinajstić information content (AvgIpc) is 3.30. The summed E-state index contributed by atoms with van der Waals surface area (Å²) in [7, 11) is 0. The van der Waals surface area contributed by atoms with Crippen LogP contribution in [0.5, 0.6) is 0 Å². The Morgan fingerprint density at radius 2 is 1.87 bits per heavy atom. The van der Waals surface area contributed by atoms with Gasteiger partial charge < -0.3 is 15.5 Å². The molecule has 6 heteroatoms. The lowest BCUT2D eigenvalue weighted by Gasteiger charge is -2.36. The Morgan fingerprint density at radius 3 is 2.50 bits per heavy atom. The van der Waals surface area contributed by atoms with E-state index in [2.05, 4.69) is 17.2 Å². The van der Waals surface area contributed by atoms with Gasteiger partial charge in [0.15, 0.2) is 0 Å². The molecule has 6 nitrogen and oxygen atoms in total. The second kappa shape index (κ2) is 10.4. The molecule has 0 bridgehead atoms. The van der Waals surface area contributed by atoms with Gasteiger partial charge >= 0.3 is 0 Å². The van der Waals surface area contributed by atoms with Gasteiger partial charge in [-0.3, -0.25) is 14.4 Å². The van der Waals surface area contributed by atoms with Crippen molar-refractivity contribution >= 4 is 17.7 Å². The molecule has 1 heterocycles. The summed E-state index contributed by atoms with van der Waals surface area (Å²) in [6.45, 7) is 7.22. The summed E-state index contributed by atoms with van der Waals surface area (Å²) in [5, 5.41) is 5.77. The summed E-state index contributed by atoms with van der Waals surface area (Å²) in [5.74, 6) is -0.00810. The second-order valence-corrected chi connectivity index (χ2v) is 8.50. The van der Waals surface area contributed by atoms with Crippen LogP contribution in [0.3, 0.4) is 0 Å². The van der Waals surface area contributed by atoms with Gasteiger partial charge in [0.1, 0.15) is 6.04 Å². The third kappa shape index (κ3) is 5.49. The summed E-state index contributed by atoms with van der Waals surface area (Å²) in [6, 6.07) is 6.72. The third-order valence-corrected chi connectivity index (χ3v) is 6.30. The molecule has 2 aliphatic rings. The van der Waals surface area contributed by atoms with Crippen LogP contribution in [0.25, 0.3) is 0 Å². The van der Waals surface area contributed by atoms with Crippen LogP contribution in [0.15, 0.2) is 36.9 Å². The van der Waals surface area contributed by atoms with Crippen LogP contribution in [-0.4, -0.2) is 48.3 Å². The van der Waals surface area contributed by atoms with Crippen LogP contribution in [0.1, 0.15) is 54.4 Å². The number of piperidine rings is 1. The van der Waals surface area contributed by atoms with Crippen molar-refractivity contribution in [3.63, 3.8) is 0 Å². The van der Waals surface area contributed by atoms with Crippen molar-refractivity contribution in [2.45, 2.75) is 51.5 Å². The SMILES string of the molecule is C=CCNC(=O)[C@H](NC(=O)c1cccc(C)c1)C1CCN(C(=O)C2CCCC2)CC1. The number of aryl methyl sites for hydroxylation is 1. The van der Waals surface area contributed by atoms with Crippen LogP contribution < -0.4 is 10.6 Å². The normalized spacial score (nSPS) is 18.6. The van der Waals surface area contributed by atoms with E-state index < -0.39 is 6.04 Å². The lowest BCUT2D eigenvalue weighted by molar-refractivity contribution is -0.137. The molecule has 1 atom stereocenters. The van der Waals surface area contributed by atoms with Crippen LogP contribution in [0.4, 0.5) is 0 Å². The highest BCUT2D eigenvalue weighted by Crippen LogP contribution is 2.29. The van der Waals surface area contributed by atoms with Crippen LogP contribution >= 0.6 is 0 Å². The van der Waals surface area contributed by atoms with Crippen molar-refractivity contribution in [2.24, 2.45) is 11.8 Å². The maximum atomic E-state index is 12.8. The summed E-state index contributed by atoms with van der Waals surface area (Å²) in [6.07, 6.45) is 7.32. The Kier molecular flexibility index (Phi) is 7.66. The fourth-order valence-corrected chi connectivity index (χ4v) is 4.58. The van der Waals surface area contributed by atoms with Gasteiger partial charge in [-0.1, -0.05) is 36.6 Å². The number of carbonyl (C=O) groups excluding carboxylic acids is 3. The summed E-state index contributed by atoms with van der Waals surface area (Å²) >= 11 is 0. The molecule has 0 unspecified atom stereocenters. The van der Waals surface area contributed by atoms with Crippen LogP contribution in [0, 0.1) is 18.8 Å². The monoisotopic (exact) mass is 411 g/mol. The number of hydrogen-bond acceptors (Lipinski definition) is 3. The fourth-order valence-electron chi connectivity index (χ4n) is 4.58. The first-order valence-electron chi connectivity index (χ1n) is 11.0. The molecule has 1 aliphatic carbocycles. The molecular weight excluding hydrogens is 378 g/mol. The first-order chi connectivity index (χ1) is 14.5. The number of nitrogens with zero attached hydrogens (tertiary/aromatic N) is 1. The lowest BCUT2D eigenvalue weighted by atomic mass is 9.87. The molecule has 1 saturated heterocycles. The maximum absolute atomic E-state index is 12.8. The molecule has 2 N–H and O–H groups in total. The van der Waals surface area contributed by atoms with Gasteiger partial charge in [-0.25, -0.2) is 0 Å². The van der Waals surface area contributed by atoms with Crippen molar-refractivity contribution < 1.29 is 14.4 Å². The Bertz CT molecular complexity index is 778. The maximum Gasteiger partial charge on any atom is 0.251 e. The molecular formula is C24H33N3O3. The second-order valence-electron chi connectivity index (χ2n) is 8.50. The first-order valence-corrected chi connectivity index (χ1v) is 11.0. The molecule has 2 fully saturated rings. The van der Waals surface area contributed by atoms with E-state index in [1.807, 2.05) is 30.0 Å². The lowest BCUT2D eigenvalue weighted by Crippen LogP contribution is -2.54. The summed E-state index contributed by atoms with van der Waals surface area (Å²) in [5.41, 5.74) is 1.54. The highest BCUT2D eigenvalue weighted by atomic mass is 16.2. The van der Waals surface area contributed by atoms with Crippen molar-refractivity contribution in [3.05, 3.63) is 48.0 Å². The minimum atomic E-state index is -0.623. The molecule has 1 aliphatic heterocycles. The molecule has 30 heavy (non-hydrogen) atoms. The standard InChI is InChI=1S/C24H33N3O3/c1-3-13-25-23(29)21(26-22(28)20-10-6-7-17(2)16-20)18-11-14-27(15-12-18)24(30)19-8-4-5-9-19/h3,6-7,10,16,18-19,21H,1,4-5,8-9,11-15H2,2H3,(H,25,29)(H,26,28)/t21-/m1/s1. The van der Waals surface area contributed by atoms with Gasteiger partial charge in [-0.2, -0.15) is 0 Å². The van der Waals surface area contributed by atoms with Crippen LogP contribution in [0.2, 0.25) is 0 Å². The Labute approximate surface area is 179 Å². The smallest absolute Gasteiger partial charge is 0.251 e. The number of hydrogen-bond donors (Lipinski definition) is 2. The van der Waals surface area contributed by atoms with Gasteiger partial charge in [-0.05, 0) is 50.7 Å². The van der Waals surface area contributed by atoms with E-state index in [4.69, 9.17) is 0 Å². The number of benzene rings is 1. The summed E-state index contributed by atoms with van der Waals surface area (Å²) in [4.78, 5) is 40.3. The van der Waals surface area contributed by atoms with Gasteiger partial charge in [0, 0.05) is 31.1 Å². The zero-order chi connectivity index (χ0) is 21.5. The third-order valence-electron chi connectivity index (χ3n) is 6.30. The van der Waals surface area contributed by atoms with E-state index in [9.17, 15) is 14.4 Å². The molecule has 1 aromatic carbocycles. The molecule has 0 aromatic heterocycles. The van der Waals surface area contributed by atoms with E-state index in [1.165, 1.54) is 0 Å². The zero-order valence-corrected chi connectivity index (χ0v) is 17.9. The Balaban J connectivity index is 1.65. The van der Waals surface area contributed by atoms with E-state index in [0.29, 0.717) is 38.0 Å². The highest BCUT2D eigenvalue weighted by molar-refractivity contribution is 5.97. The van der Waals surface area contributed by atoms with Gasteiger partial charge in [0.05, 0.1) is 0 Å². The number of amides is 3. The predicted molar refractivity (Wildman–Crippen MR) is 117 cm³/mol. The van der Waals surface area contributed by atoms with Crippen molar-refractivity contribution in [1.29, 1.82) is 0 Å². The minimum absolute atomic E-state index is 0.00352. The van der Waals surface area contributed by atoms with Gasteiger partial charge in [-0.15, -0.1) is 6.58 Å². The molecule has 0 spiro atoms. The number of likely N-dealkylation sites (tertiary alicyclic amines) is 1. The predicted octanol–water partition coefficient (Wildman–Crippen LogP) is 2.82. The minimum Gasteiger partial charge on any atom is -0.351 e. The zero-order valence-electron chi connectivity index (χ0n) is 17.9. The highest BCUT2D eigenvalue weighted by Gasteiger charge is 2.35. The van der Waals surface area contributed by atoms with E-state index in [0.717, 1.165) is 31.2 Å². The quantitative estimate of drug-likeness (QED) is 0.677. The van der Waals surface area contributed by atoms with Crippen molar-refractivity contribution in [2.75, 3.05) is 19.6 Å². The Hall–Kier alpha value is -2.63. The van der Waals surface area contributed by atoms with Crippen LogP contribution in [-0.2, 0) is 9.59 Å². The summed E-state index contributed by atoms with van der Waals surface area (Å²) < 4.78 is 0. The van der Waals surface area contributed by atoms with E-state index >= 15 is 0 Å². The first kappa shape index (κ1) is 22.1. The van der Waals surface area contributed by atoms with E-state index in [-0.39, 0.29) is 29.6 Å². The molecule has 3 rings (SSSR count). The number of rotatable bonds is 7. The van der Waals surface area contributed by atoms with Gasteiger partial charge in [0.2, 0.25) is 11.8 Å². The molecule has 0 radical (unpaired) electrons. The van der Waals surface area contributed by atoms with Crippen molar-refractivity contribution in [1.82, 2.24) is 15.5 Å². The van der Waals surface area contributed by atoms with Gasteiger partial charge in [0.25, 0.3) is 5.91 Å². The molecule has 1 saturated carbocycles. The largest absolute Gasteiger partial charge is 0.351 e. The molecule has 3 amide bonds. The average molecular weight is 412 g/mol. The molecule has 162 valence electrons. The van der Waals surface area contributed by atoms with Crippen molar-refractivity contribution in [3.8, 4) is 0 Å². The van der Waals surface area contributed by atoms with E-state index in [1.54, 1.807) is 12.1 Å². The number of nitrogens with one attached hydrogen (secondary N) is 2.